The van der Waals surface area contributed by atoms with Gasteiger partial charge >= 0.3 is 0 Å². The van der Waals surface area contributed by atoms with Crippen LogP contribution in [0.25, 0.3) is 0 Å². The van der Waals surface area contributed by atoms with Crippen molar-refractivity contribution in [3.63, 3.8) is 0 Å². The summed E-state index contributed by atoms with van der Waals surface area (Å²) in [6.45, 7) is 1.90. The van der Waals surface area contributed by atoms with E-state index in [9.17, 15) is 4.79 Å². The van der Waals surface area contributed by atoms with Crippen LogP contribution < -0.4 is 10.1 Å². The van der Waals surface area contributed by atoms with E-state index >= 15 is 0 Å². The number of anilines is 1. The number of nitrogens with one attached hydrogen (secondary N) is 1. The number of nitrogens with zero attached hydrogens (tertiary/aromatic N) is 1. The van der Waals surface area contributed by atoms with Crippen molar-refractivity contribution >= 4 is 39.1 Å². The minimum atomic E-state index is -0.298. The first-order valence-electron chi connectivity index (χ1n) is 5.78. The highest BCUT2D eigenvalue weighted by Gasteiger charge is 2.13. The molecule has 0 unspecified atom stereocenters. The lowest BCUT2D eigenvalue weighted by Crippen LogP contribution is -2.13. The minimum absolute atomic E-state index is 0.298. The van der Waals surface area contributed by atoms with Crippen LogP contribution in [0.5, 0.6) is 5.75 Å². The van der Waals surface area contributed by atoms with Crippen LogP contribution in [0.2, 0.25) is 5.02 Å². The summed E-state index contributed by atoms with van der Waals surface area (Å²) in [4.78, 5) is 16.4. The van der Waals surface area contributed by atoms with Gasteiger partial charge in [-0.05, 0) is 52.7 Å². The van der Waals surface area contributed by atoms with Gasteiger partial charge in [-0.1, -0.05) is 11.6 Å². The molecule has 1 aromatic carbocycles. The summed E-state index contributed by atoms with van der Waals surface area (Å²) < 4.78 is 5.91. The number of rotatable bonds is 3. The lowest BCUT2D eigenvalue weighted by molar-refractivity contribution is 0.102. The molecule has 104 valence electrons. The Morgan fingerprint density at radius 3 is 2.80 bits per heavy atom. The molecule has 20 heavy (non-hydrogen) atoms. The molecule has 2 rings (SSSR count). The van der Waals surface area contributed by atoms with Gasteiger partial charge in [0.2, 0.25) is 0 Å². The Bertz CT molecular complexity index is 662. The van der Waals surface area contributed by atoms with Gasteiger partial charge in [0.05, 0.1) is 24.6 Å². The second-order valence-electron chi connectivity index (χ2n) is 4.13. The maximum Gasteiger partial charge on any atom is 0.259 e. The van der Waals surface area contributed by atoms with Crippen molar-refractivity contribution in [1.29, 1.82) is 0 Å². The van der Waals surface area contributed by atoms with E-state index in [0.29, 0.717) is 22.0 Å². The predicted molar refractivity (Wildman–Crippen MR) is 82.6 cm³/mol. The largest absolute Gasteiger partial charge is 0.496 e. The molecule has 2 aromatic rings. The van der Waals surface area contributed by atoms with E-state index in [1.165, 1.54) is 7.11 Å². The summed E-state index contributed by atoms with van der Waals surface area (Å²) >= 11 is 9.22. The number of methoxy groups -OCH3 is 1. The number of aromatic nitrogens is 1. The number of carbonyl (C=O) groups excluding carboxylic acids is 1. The fourth-order valence-corrected chi connectivity index (χ4v) is 2.07. The number of amides is 1. The highest BCUT2D eigenvalue weighted by molar-refractivity contribution is 9.10. The Morgan fingerprint density at radius 1 is 1.40 bits per heavy atom. The standard InChI is InChI=1S/C14H12BrClN2O2/c1-8-5-10(7-17-13(8)15)18-14(19)11-6-9(16)3-4-12(11)20-2/h3-7H,1-2H3,(H,18,19). The molecule has 0 bridgehead atoms. The molecule has 0 radical (unpaired) electrons. The van der Waals surface area contributed by atoms with Crippen molar-refractivity contribution in [1.82, 2.24) is 4.98 Å². The Kier molecular flexibility index (Phi) is 4.62. The number of carbonyl (C=O) groups is 1. The molecule has 0 fully saturated rings. The zero-order chi connectivity index (χ0) is 14.7. The van der Waals surface area contributed by atoms with Gasteiger partial charge in [-0.2, -0.15) is 0 Å². The first-order valence-corrected chi connectivity index (χ1v) is 6.95. The van der Waals surface area contributed by atoms with Crippen molar-refractivity contribution in [2.24, 2.45) is 0 Å². The Hall–Kier alpha value is -1.59. The number of halogens is 2. The number of hydrogen-bond donors (Lipinski definition) is 1. The topological polar surface area (TPSA) is 51.2 Å². The van der Waals surface area contributed by atoms with Crippen molar-refractivity contribution in [3.05, 3.63) is 51.2 Å². The molecule has 0 saturated carbocycles. The summed E-state index contributed by atoms with van der Waals surface area (Å²) in [6.07, 6.45) is 1.58. The van der Waals surface area contributed by atoms with Crippen molar-refractivity contribution in [2.45, 2.75) is 6.92 Å². The van der Waals surface area contributed by atoms with Gasteiger partial charge < -0.3 is 10.1 Å². The van der Waals surface area contributed by atoms with Crippen LogP contribution >= 0.6 is 27.5 Å². The first kappa shape index (κ1) is 14.8. The summed E-state index contributed by atoms with van der Waals surface area (Å²) in [5.41, 5.74) is 1.92. The van der Waals surface area contributed by atoms with Crippen molar-refractivity contribution in [3.8, 4) is 5.75 Å². The van der Waals surface area contributed by atoms with Gasteiger partial charge in [-0.3, -0.25) is 4.79 Å². The molecular formula is C14H12BrClN2O2. The summed E-state index contributed by atoms with van der Waals surface area (Å²) in [7, 11) is 1.51. The second-order valence-corrected chi connectivity index (χ2v) is 5.32. The molecule has 1 heterocycles. The highest BCUT2D eigenvalue weighted by Crippen LogP contribution is 2.24. The molecule has 0 spiro atoms. The minimum Gasteiger partial charge on any atom is -0.496 e. The van der Waals surface area contributed by atoms with E-state index in [-0.39, 0.29) is 5.91 Å². The third-order valence-electron chi connectivity index (χ3n) is 2.68. The van der Waals surface area contributed by atoms with E-state index in [0.717, 1.165) is 10.2 Å². The quantitative estimate of drug-likeness (QED) is 0.845. The molecule has 0 aliphatic heterocycles. The van der Waals surface area contributed by atoms with Crippen molar-refractivity contribution in [2.75, 3.05) is 12.4 Å². The number of aryl methyl sites for hydroxylation is 1. The van der Waals surface area contributed by atoms with Gasteiger partial charge in [0.1, 0.15) is 10.4 Å². The SMILES string of the molecule is COc1ccc(Cl)cc1C(=O)Nc1cnc(Br)c(C)c1. The molecule has 4 nitrogen and oxygen atoms in total. The molecule has 6 heteroatoms. The average molecular weight is 356 g/mol. The van der Waals surface area contributed by atoms with Crippen LogP contribution in [-0.4, -0.2) is 18.0 Å². The highest BCUT2D eigenvalue weighted by atomic mass is 79.9. The van der Waals surface area contributed by atoms with E-state index in [1.54, 1.807) is 24.4 Å². The van der Waals surface area contributed by atoms with Crippen LogP contribution in [0, 0.1) is 6.92 Å². The molecule has 1 amide bonds. The Morgan fingerprint density at radius 2 is 2.15 bits per heavy atom. The molecule has 0 aliphatic carbocycles. The predicted octanol–water partition coefficient (Wildman–Crippen LogP) is 4.07. The van der Waals surface area contributed by atoms with Gasteiger partial charge in [0.25, 0.3) is 5.91 Å². The Labute approximate surface area is 130 Å². The molecule has 0 atom stereocenters. The number of ether oxygens (including phenoxy) is 1. The zero-order valence-corrected chi connectivity index (χ0v) is 13.2. The summed E-state index contributed by atoms with van der Waals surface area (Å²) in [5.74, 6) is 0.168. The molecule has 0 saturated heterocycles. The number of hydrogen-bond acceptors (Lipinski definition) is 3. The third-order valence-corrected chi connectivity index (χ3v) is 3.74. The van der Waals surface area contributed by atoms with Crippen LogP contribution in [0.1, 0.15) is 15.9 Å². The first-order chi connectivity index (χ1) is 9.51. The van der Waals surface area contributed by atoms with Crippen LogP contribution in [0.3, 0.4) is 0 Å². The lowest BCUT2D eigenvalue weighted by Gasteiger charge is -2.10. The maximum atomic E-state index is 12.3. The zero-order valence-electron chi connectivity index (χ0n) is 10.9. The van der Waals surface area contributed by atoms with Gasteiger partial charge in [0, 0.05) is 5.02 Å². The fraction of sp³-hybridized carbons (Fsp3) is 0.143. The third kappa shape index (κ3) is 3.29. The molecule has 0 aliphatic rings. The van der Waals surface area contributed by atoms with Gasteiger partial charge in [-0.15, -0.1) is 0 Å². The van der Waals surface area contributed by atoms with E-state index in [1.807, 2.05) is 13.0 Å². The van der Waals surface area contributed by atoms with Crippen LogP contribution in [-0.2, 0) is 0 Å². The van der Waals surface area contributed by atoms with Gasteiger partial charge in [-0.25, -0.2) is 4.98 Å². The average Bonchev–Trinajstić information content (AvgIpc) is 2.43. The molecular weight excluding hydrogens is 344 g/mol. The van der Waals surface area contributed by atoms with E-state index in [2.05, 4.69) is 26.2 Å². The summed E-state index contributed by atoms with van der Waals surface area (Å²) in [6, 6.07) is 6.71. The lowest BCUT2D eigenvalue weighted by atomic mass is 10.2. The monoisotopic (exact) mass is 354 g/mol. The van der Waals surface area contributed by atoms with E-state index in [4.69, 9.17) is 16.3 Å². The molecule has 1 aromatic heterocycles. The van der Waals surface area contributed by atoms with Gasteiger partial charge in [0.15, 0.2) is 0 Å². The fourth-order valence-electron chi connectivity index (χ4n) is 1.68. The normalized spacial score (nSPS) is 10.2. The number of pyridine rings is 1. The smallest absolute Gasteiger partial charge is 0.259 e. The van der Waals surface area contributed by atoms with Crippen LogP contribution in [0.15, 0.2) is 35.1 Å². The molecule has 1 N–H and O–H groups in total. The second kappa shape index (κ2) is 6.24. The van der Waals surface area contributed by atoms with E-state index < -0.39 is 0 Å². The summed E-state index contributed by atoms with van der Waals surface area (Å²) in [5, 5.41) is 3.24. The Balaban J connectivity index is 2.27. The van der Waals surface area contributed by atoms with Crippen LogP contribution in [0.4, 0.5) is 5.69 Å². The van der Waals surface area contributed by atoms with Crippen molar-refractivity contribution < 1.29 is 9.53 Å². The number of benzene rings is 1. The maximum absolute atomic E-state index is 12.3.